The second kappa shape index (κ2) is 12.3. The minimum Gasteiger partial charge on any atom is -0.350 e. The van der Waals surface area contributed by atoms with Crippen LogP contribution in [-0.4, -0.2) is 38.9 Å². The second-order valence-electron chi connectivity index (χ2n) is 10.8. The highest BCUT2D eigenvalue weighted by Gasteiger charge is 2.38. The summed E-state index contributed by atoms with van der Waals surface area (Å²) >= 11 is 1.58. The number of carbonyl (C=O) groups excluding carboxylic acids is 2. The molecule has 2 aromatic heterocycles. The zero-order valence-electron chi connectivity index (χ0n) is 24.4. The molecule has 0 spiro atoms. The van der Waals surface area contributed by atoms with Gasteiger partial charge in [-0.25, -0.2) is 4.68 Å². The van der Waals surface area contributed by atoms with Crippen molar-refractivity contribution < 1.29 is 9.59 Å². The fourth-order valence-corrected chi connectivity index (χ4v) is 6.65. The van der Waals surface area contributed by atoms with Crippen molar-refractivity contribution in [1.29, 1.82) is 0 Å². The highest BCUT2D eigenvalue weighted by molar-refractivity contribution is 8.00. The van der Waals surface area contributed by atoms with E-state index in [-0.39, 0.29) is 29.4 Å². The van der Waals surface area contributed by atoms with Gasteiger partial charge in [-0.05, 0) is 61.2 Å². The van der Waals surface area contributed by atoms with Crippen LogP contribution in [0.15, 0.2) is 97.3 Å². The number of anilines is 1. The van der Waals surface area contributed by atoms with Crippen molar-refractivity contribution in [2.24, 2.45) is 0 Å². The van der Waals surface area contributed by atoms with Crippen molar-refractivity contribution in [2.75, 3.05) is 17.2 Å². The molecule has 2 amide bonds. The Morgan fingerprint density at radius 1 is 0.953 bits per heavy atom. The molecule has 1 atom stereocenters. The molecule has 7 nitrogen and oxygen atoms in total. The molecule has 1 aliphatic heterocycles. The van der Waals surface area contributed by atoms with Gasteiger partial charge in [-0.2, -0.15) is 5.10 Å². The molecule has 3 heterocycles. The number of carbonyl (C=O) groups is 2. The van der Waals surface area contributed by atoms with E-state index in [9.17, 15) is 9.59 Å². The van der Waals surface area contributed by atoms with E-state index in [1.165, 1.54) is 0 Å². The molecule has 1 aliphatic rings. The minimum atomic E-state index is -0.245. The molecule has 0 saturated heterocycles. The van der Waals surface area contributed by atoms with Crippen LogP contribution in [0.25, 0.3) is 16.9 Å². The van der Waals surface area contributed by atoms with Crippen LogP contribution >= 0.6 is 11.8 Å². The lowest BCUT2D eigenvalue weighted by Crippen LogP contribution is -2.42. The van der Waals surface area contributed by atoms with Crippen LogP contribution in [0.4, 0.5) is 5.82 Å². The van der Waals surface area contributed by atoms with Crippen LogP contribution < -0.4 is 10.2 Å². The molecule has 43 heavy (non-hydrogen) atoms. The summed E-state index contributed by atoms with van der Waals surface area (Å²) in [5, 5.41) is 8.05. The number of fused-ring (bicyclic) bond motifs is 1. The van der Waals surface area contributed by atoms with Crippen LogP contribution in [0.2, 0.25) is 0 Å². The van der Waals surface area contributed by atoms with Crippen molar-refractivity contribution in [2.45, 2.75) is 32.6 Å². The lowest BCUT2D eigenvalue weighted by molar-refractivity contribution is -0.123. The van der Waals surface area contributed by atoms with Gasteiger partial charge in [-0.3, -0.25) is 19.5 Å². The van der Waals surface area contributed by atoms with Crippen molar-refractivity contribution in [3.8, 4) is 16.9 Å². The van der Waals surface area contributed by atoms with Crippen LogP contribution in [0.3, 0.4) is 0 Å². The Hall–Kier alpha value is -4.69. The number of aryl methyl sites for hydroxylation is 2. The number of nitrogens with one attached hydrogen (secondary N) is 1. The van der Waals surface area contributed by atoms with Crippen molar-refractivity contribution in [3.63, 3.8) is 0 Å². The number of benzene rings is 3. The Labute approximate surface area is 256 Å². The zero-order valence-corrected chi connectivity index (χ0v) is 25.3. The quantitative estimate of drug-likeness (QED) is 0.240. The maximum atomic E-state index is 14.0. The summed E-state index contributed by atoms with van der Waals surface area (Å²) in [6.45, 7) is 6.44. The summed E-state index contributed by atoms with van der Waals surface area (Å²) in [5.41, 5.74) is 8.92. The molecule has 5 aromatic rings. The number of hydrogen-bond acceptors (Lipinski definition) is 5. The number of pyridine rings is 1. The number of hydrogen-bond donors (Lipinski definition) is 1. The summed E-state index contributed by atoms with van der Waals surface area (Å²) in [7, 11) is 0. The Morgan fingerprint density at radius 3 is 2.49 bits per heavy atom. The number of nitrogens with zero attached hydrogens (tertiary/aromatic N) is 4. The molecule has 6 rings (SSSR count). The molecular formula is C35H33N5O2S. The lowest BCUT2D eigenvalue weighted by Gasteiger charge is -2.24. The zero-order chi connectivity index (χ0) is 29.9. The topological polar surface area (TPSA) is 80.1 Å². The molecule has 0 bridgehead atoms. The second-order valence-corrected chi connectivity index (χ2v) is 11.9. The summed E-state index contributed by atoms with van der Waals surface area (Å²) in [5.74, 6) is 0.483. The third-order valence-electron chi connectivity index (χ3n) is 7.83. The maximum absolute atomic E-state index is 14.0. The van der Waals surface area contributed by atoms with Gasteiger partial charge >= 0.3 is 0 Å². The van der Waals surface area contributed by atoms with Gasteiger partial charge in [-0.15, -0.1) is 11.8 Å². The first-order valence-corrected chi connectivity index (χ1v) is 15.3. The third-order valence-corrected chi connectivity index (χ3v) is 9.08. The highest BCUT2D eigenvalue weighted by Crippen LogP contribution is 2.48. The molecule has 0 aliphatic carbocycles. The third kappa shape index (κ3) is 5.83. The van der Waals surface area contributed by atoms with Crippen LogP contribution in [0.5, 0.6) is 0 Å². The van der Waals surface area contributed by atoms with E-state index in [0.29, 0.717) is 12.4 Å². The minimum absolute atomic E-state index is 0.122. The normalized spacial score (nSPS) is 14.7. The van der Waals surface area contributed by atoms with Crippen LogP contribution in [0, 0.1) is 20.8 Å². The predicted molar refractivity (Wildman–Crippen MR) is 172 cm³/mol. The molecule has 1 N–H and O–H groups in total. The van der Waals surface area contributed by atoms with Crippen LogP contribution in [-0.2, 0) is 16.1 Å². The van der Waals surface area contributed by atoms with Crippen molar-refractivity contribution in [1.82, 2.24) is 20.1 Å². The van der Waals surface area contributed by atoms with Gasteiger partial charge in [0.2, 0.25) is 11.8 Å². The molecule has 8 heteroatoms. The molecule has 216 valence electrons. The van der Waals surface area contributed by atoms with Gasteiger partial charge in [0.15, 0.2) is 0 Å². The largest absolute Gasteiger partial charge is 0.350 e. The van der Waals surface area contributed by atoms with E-state index in [0.717, 1.165) is 50.3 Å². The van der Waals surface area contributed by atoms with E-state index in [4.69, 9.17) is 5.10 Å². The summed E-state index contributed by atoms with van der Waals surface area (Å²) in [4.78, 5) is 33.1. The summed E-state index contributed by atoms with van der Waals surface area (Å²) in [6, 6.07) is 28.3. The monoisotopic (exact) mass is 587 g/mol. The molecule has 0 saturated carbocycles. The Bertz CT molecular complexity index is 1790. The number of aromatic nitrogens is 3. The number of amides is 2. The first kappa shape index (κ1) is 28.4. The fourth-order valence-electron chi connectivity index (χ4n) is 5.46. The van der Waals surface area contributed by atoms with Gasteiger partial charge in [0.05, 0.1) is 22.4 Å². The SMILES string of the molecule is Cc1cccc([C@@H]2SCC(=O)N(CC(=O)NCc3ccncc3)c3c2c(-c2ccccc2)nn3-c2cccc(C)c2C)c1. The summed E-state index contributed by atoms with van der Waals surface area (Å²) in [6.07, 6.45) is 3.39. The number of thioether (sulfide) groups is 1. The van der Waals surface area contributed by atoms with E-state index in [1.807, 2.05) is 59.3 Å². The maximum Gasteiger partial charge on any atom is 0.240 e. The Kier molecular flexibility index (Phi) is 8.11. The van der Waals surface area contributed by atoms with Gasteiger partial charge < -0.3 is 5.32 Å². The number of rotatable bonds is 7. The molecule has 0 fully saturated rings. The average molecular weight is 588 g/mol. The fraction of sp³-hybridized carbons (Fsp3) is 0.200. The van der Waals surface area contributed by atoms with E-state index in [1.54, 1.807) is 29.1 Å². The first-order valence-electron chi connectivity index (χ1n) is 14.3. The lowest BCUT2D eigenvalue weighted by atomic mass is 9.98. The van der Waals surface area contributed by atoms with E-state index >= 15 is 0 Å². The molecule has 0 unspecified atom stereocenters. The molecular weight excluding hydrogens is 554 g/mol. The van der Waals surface area contributed by atoms with Gasteiger partial charge in [0.25, 0.3) is 0 Å². The van der Waals surface area contributed by atoms with E-state index in [2.05, 4.69) is 61.4 Å². The van der Waals surface area contributed by atoms with Crippen molar-refractivity contribution >= 4 is 29.4 Å². The van der Waals surface area contributed by atoms with Crippen molar-refractivity contribution in [3.05, 3.63) is 131 Å². The average Bonchev–Trinajstić information content (AvgIpc) is 3.34. The standard InChI is InChI=1S/C35H33N5O2S/c1-23-9-7-13-28(19-23)34-32-33(27-11-5-4-6-12-27)38-40(29-14-8-10-24(2)25(29)3)35(32)39(31(42)22-43-34)21-30(41)37-20-26-15-17-36-18-16-26/h4-19,34H,20-22H2,1-3H3,(H,37,41)/t34-/m0/s1. The van der Waals surface area contributed by atoms with Gasteiger partial charge in [0, 0.05) is 30.1 Å². The smallest absolute Gasteiger partial charge is 0.240 e. The first-order chi connectivity index (χ1) is 20.9. The highest BCUT2D eigenvalue weighted by atomic mass is 32.2. The Morgan fingerprint density at radius 2 is 1.72 bits per heavy atom. The molecule has 0 radical (unpaired) electrons. The van der Waals surface area contributed by atoms with Crippen LogP contribution in [0.1, 0.15) is 38.6 Å². The molecule has 3 aromatic carbocycles. The predicted octanol–water partition coefficient (Wildman–Crippen LogP) is 6.35. The Balaban J connectivity index is 1.55. The summed E-state index contributed by atoms with van der Waals surface area (Å²) < 4.78 is 1.88. The van der Waals surface area contributed by atoms with Gasteiger partial charge in [-0.1, -0.05) is 72.3 Å². The van der Waals surface area contributed by atoms with Gasteiger partial charge in [0.1, 0.15) is 12.4 Å². The van der Waals surface area contributed by atoms with E-state index < -0.39 is 0 Å².